The van der Waals surface area contributed by atoms with Gasteiger partial charge in [0, 0.05) is 12.6 Å². The average molecular weight is 233 g/mol. The summed E-state index contributed by atoms with van der Waals surface area (Å²) in [6.07, 6.45) is 4.22. The van der Waals surface area contributed by atoms with E-state index < -0.39 is 5.60 Å². The van der Waals surface area contributed by atoms with Gasteiger partial charge in [0.1, 0.15) is 0 Å². The Morgan fingerprint density at radius 1 is 1.24 bits per heavy atom. The van der Waals surface area contributed by atoms with Gasteiger partial charge in [-0.05, 0) is 32.3 Å². The zero-order valence-electron chi connectivity index (χ0n) is 10.9. The van der Waals surface area contributed by atoms with Crippen molar-refractivity contribution < 1.29 is 5.11 Å². The molecule has 1 atom stereocenters. The maximum atomic E-state index is 10.3. The third-order valence-corrected chi connectivity index (χ3v) is 3.85. The maximum Gasteiger partial charge on any atom is 0.0771 e. The van der Waals surface area contributed by atoms with E-state index in [1.165, 1.54) is 11.1 Å². The summed E-state index contributed by atoms with van der Waals surface area (Å²) in [5, 5.41) is 13.7. The van der Waals surface area contributed by atoms with E-state index in [9.17, 15) is 5.11 Å². The molecule has 1 fully saturated rings. The summed E-state index contributed by atoms with van der Waals surface area (Å²) < 4.78 is 0. The van der Waals surface area contributed by atoms with Gasteiger partial charge >= 0.3 is 0 Å². The third-order valence-electron chi connectivity index (χ3n) is 3.85. The Morgan fingerprint density at radius 2 is 1.82 bits per heavy atom. The van der Waals surface area contributed by atoms with Gasteiger partial charge in [0.25, 0.3) is 0 Å². The molecule has 2 N–H and O–H groups in total. The van der Waals surface area contributed by atoms with Crippen LogP contribution in [-0.2, 0) is 0 Å². The molecule has 0 heterocycles. The highest BCUT2D eigenvalue weighted by Crippen LogP contribution is 2.29. The molecular formula is C15H23NO. The summed E-state index contributed by atoms with van der Waals surface area (Å²) >= 11 is 0. The zero-order chi connectivity index (χ0) is 12.3. The molecule has 2 nitrogen and oxygen atoms in total. The van der Waals surface area contributed by atoms with Crippen LogP contribution in [0.5, 0.6) is 0 Å². The molecule has 0 unspecified atom stereocenters. The summed E-state index contributed by atoms with van der Waals surface area (Å²) in [7, 11) is 0. The van der Waals surface area contributed by atoms with E-state index in [-0.39, 0.29) is 0 Å². The lowest BCUT2D eigenvalue weighted by Gasteiger charge is -2.25. The molecular weight excluding hydrogens is 210 g/mol. The summed E-state index contributed by atoms with van der Waals surface area (Å²) in [5.74, 6) is 0. The van der Waals surface area contributed by atoms with Crippen LogP contribution in [0.2, 0.25) is 0 Å². The smallest absolute Gasteiger partial charge is 0.0771 e. The van der Waals surface area contributed by atoms with Crippen molar-refractivity contribution in [2.75, 3.05) is 6.54 Å². The number of hydrogen-bond donors (Lipinski definition) is 2. The van der Waals surface area contributed by atoms with Gasteiger partial charge in [-0.15, -0.1) is 0 Å². The van der Waals surface area contributed by atoms with Gasteiger partial charge < -0.3 is 10.4 Å². The van der Waals surface area contributed by atoms with Crippen LogP contribution in [-0.4, -0.2) is 17.3 Å². The molecule has 0 aliphatic heterocycles. The lowest BCUT2D eigenvalue weighted by Crippen LogP contribution is -2.39. The van der Waals surface area contributed by atoms with Crippen molar-refractivity contribution in [1.29, 1.82) is 0 Å². The first-order chi connectivity index (χ1) is 8.09. The fraction of sp³-hybridized carbons (Fsp3) is 0.600. The van der Waals surface area contributed by atoms with Crippen molar-refractivity contribution >= 4 is 0 Å². The molecule has 1 aromatic carbocycles. The lowest BCUT2D eigenvalue weighted by atomic mass is 10.0. The Kier molecular flexibility index (Phi) is 3.85. The van der Waals surface area contributed by atoms with Crippen LogP contribution in [0.25, 0.3) is 0 Å². The van der Waals surface area contributed by atoms with Gasteiger partial charge in [0.15, 0.2) is 0 Å². The van der Waals surface area contributed by atoms with Crippen molar-refractivity contribution in [3.05, 3.63) is 35.4 Å². The minimum atomic E-state index is -0.459. The Bertz CT molecular complexity index is 352. The highest BCUT2D eigenvalue weighted by molar-refractivity contribution is 5.23. The number of benzene rings is 1. The van der Waals surface area contributed by atoms with E-state index in [4.69, 9.17) is 0 Å². The molecule has 1 aliphatic carbocycles. The topological polar surface area (TPSA) is 32.3 Å². The van der Waals surface area contributed by atoms with E-state index in [0.717, 1.165) is 25.7 Å². The molecule has 1 aliphatic rings. The minimum Gasteiger partial charge on any atom is -0.389 e. The van der Waals surface area contributed by atoms with Crippen molar-refractivity contribution in [2.45, 2.75) is 51.2 Å². The second-order valence-corrected chi connectivity index (χ2v) is 5.44. The molecule has 0 saturated heterocycles. The first-order valence-corrected chi connectivity index (χ1v) is 6.61. The standard InChI is InChI=1S/C15H23NO/c1-12-5-7-14(8-6-12)13(2)16-11-15(17)9-3-4-10-15/h5-8,13,16-17H,3-4,9-11H2,1-2H3/t13-/m0/s1. The molecule has 2 rings (SSSR count). The Balaban J connectivity index is 1.88. The Labute approximate surface area is 104 Å². The van der Waals surface area contributed by atoms with E-state index in [1.54, 1.807) is 0 Å². The molecule has 94 valence electrons. The van der Waals surface area contributed by atoms with Crippen LogP contribution in [0.3, 0.4) is 0 Å². The van der Waals surface area contributed by atoms with Crippen LogP contribution in [0, 0.1) is 6.92 Å². The quantitative estimate of drug-likeness (QED) is 0.838. The van der Waals surface area contributed by atoms with Gasteiger partial charge in [-0.1, -0.05) is 42.7 Å². The zero-order valence-corrected chi connectivity index (χ0v) is 10.9. The van der Waals surface area contributed by atoms with E-state index in [2.05, 4.69) is 43.4 Å². The summed E-state index contributed by atoms with van der Waals surface area (Å²) in [4.78, 5) is 0. The van der Waals surface area contributed by atoms with Crippen LogP contribution < -0.4 is 5.32 Å². The minimum absolute atomic E-state index is 0.306. The van der Waals surface area contributed by atoms with Gasteiger partial charge in [0.2, 0.25) is 0 Å². The fourth-order valence-corrected chi connectivity index (χ4v) is 2.53. The number of rotatable bonds is 4. The number of aryl methyl sites for hydroxylation is 1. The monoisotopic (exact) mass is 233 g/mol. The van der Waals surface area contributed by atoms with E-state index in [0.29, 0.717) is 12.6 Å². The van der Waals surface area contributed by atoms with Gasteiger partial charge in [-0.2, -0.15) is 0 Å². The Morgan fingerprint density at radius 3 is 2.41 bits per heavy atom. The summed E-state index contributed by atoms with van der Waals surface area (Å²) in [6.45, 7) is 4.97. The van der Waals surface area contributed by atoms with Crippen molar-refractivity contribution in [3.63, 3.8) is 0 Å². The number of aliphatic hydroxyl groups is 1. The number of nitrogens with one attached hydrogen (secondary N) is 1. The van der Waals surface area contributed by atoms with E-state index in [1.807, 2.05) is 0 Å². The third kappa shape index (κ3) is 3.30. The molecule has 0 spiro atoms. The van der Waals surface area contributed by atoms with Crippen LogP contribution >= 0.6 is 0 Å². The molecule has 17 heavy (non-hydrogen) atoms. The van der Waals surface area contributed by atoms with Gasteiger partial charge in [-0.25, -0.2) is 0 Å². The first kappa shape index (κ1) is 12.6. The number of hydrogen-bond acceptors (Lipinski definition) is 2. The molecule has 0 radical (unpaired) electrons. The highest BCUT2D eigenvalue weighted by atomic mass is 16.3. The maximum absolute atomic E-state index is 10.3. The molecule has 0 aromatic heterocycles. The van der Waals surface area contributed by atoms with Crippen LogP contribution in [0.1, 0.15) is 49.8 Å². The van der Waals surface area contributed by atoms with Crippen molar-refractivity contribution in [1.82, 2.24) is 5.32 Å². The largest absolute Gasteiger partial charge is 0.389 e. The van der Waals surface area contributed by atoms with Crippen LogP contribution in [0.15, 0.2) is 24.3 Å². The van der Waals surface area contributed by atoms with Crippen molar-refractivity contribution in [2.24, 2.45) is 0 Å². The predicted molar refractivity (Wildman–Crippen MR) is 71.0 cm³/mol. The highest BCUT2D eigenvalue weighted by Gasteiger charge is 2.30. The van der Waals surface area contributed by atoms with Gasteiger partial charge in [0.05, 0.1) is 5.60 Å². The van der Waals surface area contributed by atoms with Gasteiger partial charge in [-0.3, -0.25) is 0 Å². The molecule has 1 saturated carbocycles. The molecule has 1 aromatic rings. The first-order valence-electron chi connectivity index (χ1n) is 6.61. The fourth-order valence-electron chi connectivity index (χ4n) is 2.53. The normalized spacial score (nSPS) is 20.4. The van der Waals surface area contributed by atoms with E-state index >= 15 is 0 Å². The van der Waals surface area contributed by atoms with Crippen molar-refractivity contribution in [3.8, 4) is 0 Å². The second-order valence-electron chi connectivity index (χ2n) is 5.44. The average Bonchev–Trinajstić information content (AvgIpc) is 2.75. The second kappa shape index (κ2) is 5.19. The summed E-state index contributed by atoms with van der Waals surface area (Å²) in [5.41, 5.74) is 2.12. The molecule has 0 amide bonds. The predicted octanol–water partition coefficient (Wildman–Crippen LogP) is 2.95. The Hall–Kier alpha value is -0.860. The lowest BCUT2D eigenvalue weighted by molar-refractivity contribution is 0.0453. The summed E-state index contributed by atoms with van der Waals surface area (Å²) in [6, 6.07) is 8.90. The SMILES string of the molecule is Cc1ccc([C@H](C)NCC2(O)CCCC2)cc1. The van der Waals surface area contributed by atoms with Crippen LogP contribution in [0.4, 0.5) is 0 Å². The molecule has 2 heteroatoms. The molecule has 0 bridgehead atoms.